The first-order chi connectivity index (χ1) is 5.83. The Kier molecular flexibility index (Phi) is 4.04. The van der Waals surface area contributed by atoms with Crippen LogP contribution in [-0.2, 0) is 4.79 Å². The summed E-state index contributed by atoms with van der Waals surface area (Å²) in [6.45, 7) is 3.37. The Morgan fingerprint density at radius 1 is 1.33 bits per heavy atom. The summed E-state index contributed by atoms with van der Waals surface area (Å²) in [4.78, 5) is 12.4. The molecule has 0 aromatic carbocycles. The number of nitrogens with two attached hydrogens (primary N) is 1. The first-order valence-electron chi connectivity index (χ1n) is 4.66. The highest BCUT2D eigenvalue weighted by atomic mass is 16.2. The Balaban J connectivity index is 2.09. The summed E-state index contributed by atoms with van der Waals surface area (Å²) in [5.74, 6) is 4.93. The van der Waals surface area contributed by atoms with Gasteiger partial charge in [-0.1, -0.05) is 0 Å². The molecule has 4 N–H and O–H groups in total. The van der Waals surface area contributed by atoms with Crippen LogP contribution in [0.25, 0.3) is 0 Å². The maximum absolute atomic E-state index is 10.8. The first kappa shape index (κ1) is 9.48. The van der Waals surface area contributed by atoms with Gasteiger partial charge in [0.15, 0.2) is 0 Å². The van der Waals surface area contributed by atoms with Crippen molar-refractivity contribution in [3.63, 3.8) is 0 Å². The van der Waals surface area contributed by atoms with Gasteiger partial charge in [-0.2, -0.15) is 0 Å². The van der Waals surface area contributed by atoms with Crippen molar-refractivity contribution in [2.24, 2.45) is 5.84 Å². The van der Waals surface area contributed by atoms with E-state index in [-0.39, 0.29) is 5.91 Å². The maximum atomic E-state index is 10.8. The first-order valence-corrected chi connectivity index (χ1v) is 4.66. The number of carbonyl (C=O) groups excluding carboxylic acids is 1. The lowest BCUT2D eigenvalue weighted by Crippen LogP contribution is -3.12. The van der Waals surface area contributed by atoms with Crippen LogP contribution in [0.5, 0.6) is 0 Å². The number of likely N-dealkylation sites (tertiary alicyclic amines) is 1. The summed E-state index contributed by atoms with van der Waals surface area (Å²) in [5, 5.41) is 0. The molecule has 70 valence electrons. The summed E-state index contributed by atoms with van der Waals surface area (Å²) in [6, 6.07) is 0. The van der Waals surface area contributed by atoms with Gasteiger partial charge in [-0.15, -0.1) is 0 Å². The van der Waals surface area contributed by atoms with E-state index in [0.29, 0.717) is 6.42 Å². The number of piperidine rings is 1. The van der Waals surface area contributed by atoms with Gasteiger partial charge in [0.05, 0.1) is 26.1 Å². The fraction of sp³-hybridized carbons (Fsp3) is 0.875. The smallest absolute Gasteiger partial charge is 0.239 e. The minimum absolute atomic E-state index is 0.0481. The molecule has 4 heteroatoms. The molecule has 0 saturated carbocycles. The van der Waals surface area contributed by atoms with Crippen molar-refractivity contribution in [3.05, 3.63) is 0 Å². The van der Waals surface area contributed by atoms with Crippen LogP contribution in [0.2, 0.25) is 0 Å². The standard InChI is InChI=1S/C8H17N3O/c9-10-8(12)4-7-11-5-2-1-3-6-11/h1-7,9H2,(H,10,12)/p+1. The molecule has 12 heavy (non-hydrogen) atoms. The lowest BCUT2D eigenvalue weighted by molar-refractivity contribution is -0.904. The highest BCUT2D eigenvalue weighted by Crippen LogP contribution is 1.94. The number of hydrogen-bond acceptors (Lipinski definition) is 2. The van der Waals surface area contributed by atoms with Crippen LogP contribution in [0, 0.1) is 0 Å². The van der Waals surface area contributed by atoms with Crippen LogP contribution in [0.3, 0.4) is 0 Å². The van der Waals surface area contributed by atoms with Crippen LogP contribution in [-0.4, -0.2) is 25.5 Å². The van der Waals surface area contributed by atoms with Gasteiger partial charge in [0, 0.05) is 0 Å². The van der Waals surface area contributed by atoms with Gasteiger partial charge in [0.2, 0.25) is 5.91 Å². The van der Waals surface area contributed by atoms with E-state index in [4.69, 9.17) is 5.84 Å². The Labute approximate surface area is 73.1 Å². The molecule has 0 unspecified atom stereocenters. The monoisotopic (exact) mass is 172 g/mol. The van der Waals surface area contributed by atoms with Gasteiger partial charge in [0.1, 0.15) is 0 Å². The zero-order valence-electron chi connectivity index (χ0n) is 7.44. The fourth-order valence-electron chi connectivity index (χ4n) is 1.66. The lowest BCUT2D eigenvalue weighted by atomic mass is 10.1. The van der Waals surface area contributed by atoms with Gasteiger partial charge in [-0.25, -0.2) is 5.84 Å². The van der Waals surface area contributed by atoms with E-state index in [0.717, 1.165) is 6.54 Å². The van der Waals surface area contributed by atoms with Crippen molar-refractivity contribution in [2.75, 3.05) is 19.6 Å². The summed E-state index contributed by atoms with van der Waals surface area (Å²) >= 11 is 0. The molecule has 4 nitrogen and oxygen atoms in total. The summed E-state index contributed by atoms with van der Waals surface area (Å²) in [5.41, 5.74) is 2.15. The van der Waals surface area contributed by atoms with Crippen LogP contribution in [0.4, 0.5) is 0 Å². The molecule has 0 aromatic rings. The zero-order chi connectivity index (χ0) is 8.81. The molecule has 0 aliphatic carbocycles. The summed E-state index contributed by atoms with van der Waals surface area (Å²) < 4.78 is 0. The van der Waals surface area contributed by atoms with Crippen molar-refractivity contribution in [2.45, 2.75) is 25.7 Å². The summed E-state index contributed by atoms with van der Waals surface area (Å²) in [7, 11) is 0. The highest BCUT2D eigenvalue weighted by Gasteiger charge is 2.13. The van der Waals surface area contributed by atoms with Crippen LogP contribution in [0.15, 0.2) is 0 Å². The second-order valence-corrected chi connectivity index (χ2v) is 3.38. The van der Waals surface area contributed by atoms with Crippen molar-refractivity contribution in [1.82, 2.24) is 5.43 Å². The van der Waals surface area contributed by atoms with E-state index in [2.05, 4.69) is 5.43 Å². The highest BCUT2D eigenvalue weighted by molar-refractivity contribution is 5.75. The second-order valence-electron chi connectivity index (χ2n) is 3.38. The van der Waals surface area contributed by atoms with E-state index in [1.807, 2.05) is 0 Å². The Morgan fingerprint density at radius 2 is 2.00 bits per heavy atom. The second kappa shape index (κ2) is 5.11. The van der Waals surface area contributed by atoms with Gasteiger partial charge in [-0.05, 0) is 19.3 Å². The van der Waals surface area contributed by atoms with Gasteiger partial charge >= 0.3 is 0 Å². The van der Waals surface area contributed by atoms with Crippen molar-refractivity contribution in [1.29, 1.82) is 0 Å². The number of hydrazine groups is 1. The molecule has 0 radical (unpaired) electrons. The Bertz CT molecular complexity index is 143. The van der Waals surface area contributed by atoms with Crippen LogP contribution in [0.1, 0.15) is 25.7 Å². The number of nitrogens with one attached hydrogen (secondary N) is 2. The number of rotatable bonds is 3. The topological polar surface area (TPSA) is 59.6 Å². The predicted molar refractivity (Wildman–Crippen MR) is 46.4 cm³/mol. The summed E-state index contributed by atoms with van der Waals surface area (Å²) in [6.07, 6.45) is 4.53. The zero-order valence-corrected chi connectivity index (χ0v) is 7.44. The molecule has 0 spiro atoms. The molecule has 1 amide bonds. The molecule has 1 rings (SSSR count). The SMILES string of the molecule is NNC(=O)CC[NH+]1CCCCC1. The molecule has 1 heterocycles. The number of hydrogen-bond donors (Lipinski definition) is 3. The minimum atomic E-state index is -0.0481. The van der Waals surface area contributed by atoms with Crippen LogP contribution < -0.4 is 16.2 Å². The minimum Gasteiger partial charge on any atom is -0.335 e. The van der Waals surface area contributed by atoms with E-state index in [1.165, 1.54) is 32.4 Å². The average molecular weight is 172 g/mol. The normalized spacial score (nSPS) is 19.1. The molecular weight excluding hydrogens is 154 g/mol. The van der Waals surface area contributed by atoms with Crippen molar-refractivity contribution >= 4 is 5.91 Å². The van der Waals surface area contributed by atoms with Gasteiger partial charge in [-0.3, -0.25) is 10.2 Å². The number of amides is 1. The molecule has 0 bridgehead atoms. The molecular formula is C8H18N3O+. The van der Waals surface area contributed by atoms with Gasteiger partial charge in [0.25, 0.3) is 0 Å². The van der Waals surface area contributed by atoms with Crippen LogP contribution >= 0.6 is 0 Å². The molecule has 0 atom stereocenters. The van der Waals surface area contributed by atoms with Gasteiger partial charge < -0.3 is 4.90 Å². The number of carbonyl (C=O) groups is 1. The molecule has 1 fully saturated rings. The maximum Gasteiger partial charge on any atom is 0.239 e. The van der Waals surface area contributed by atoms with E-state index in [9.17, 15) is 4.79 Å². The van der Waals surface area contributed by atoms with E-state index in [1.54, 1.807) is 4.90 Å². The Hall–Kier alpha value is -0.610. The quantitative estimate of drug-likeness (QED) is 0.274. The van der Waals surface area contributed by atoms with E-state index < -0.39 is 0 Å². The van der Waals surface area contributed by atoms with Crippen molar-refractivity contribution in [3.8, 4) is 0 Å². The predicted octanol–water partition coefficient (Wildman–Crippen LogP) is -1.56. The average Bonchev–Trinajstić information content (AvgIpc) is 2.16. The largest absolute Gasteiger partial charge is 0.335 e. The Morgan fingerprint density at radius 3 is 2.58 bits per heavy atom. The number of quaternary nitrogens is 1. The fourth-order valence-corrected chi connectivity index (χ4v) is 1.66. The third-order valence-corrected chi connectivity index (χ3v) is 2.43. The molecule has 0 aromatic heterocycles. The molecule has 1 aliphatic heterocycles. The molecule has 1 aliphatic rings. The third kappa shape index (κ3) is 3.19. The van der Waals surface area contributed by atoms with Crippen molar-refractivity contribution < 1.29 is 9.69 Å². The molecule has 1 saturated heterocycles. The van der Waals surface area contributed by atoms with E-state index >= 15 is 0 Å². The lowest BCUT2D eigenvalue weighted by Gasteiger charge is -2.22. The third-order valence-electron chi connectivity index (χ3n) is 2.43.